The van der Waals surface area contributed by atoms with Gasteiger partial charge < -0.3 is 5.32 Å². The van der Waals surface area contributed by atoms with Crippen molar-refractivity contribution >= 4 is 56.1 Å². The number of hydrogen-bond donors (Lipinski definition) is 1. The van der Waals surface area contributed by atoms with E-state index in [0.29, 0.717) is 20.9 Å². The second-order valence-electron chi connectivity index (χ2n) is 6.29. The van der Waals surface area contributed by atoms with E-state index in [4.69, 9.17) is 34.8 Å². The van der Waals surface area contributed by atoms with Crippen LogP contribution in [0.5, 0.6) is 0 Å². The van der Waals surface area contributed by atoms with Gasteiger partial charge in [-0.15, -0.1) is 0 Å². The quantitative estimate of drug-likeness (QED) is 0.690. The van der Waals surface area contributed by atoms with Crippen LogP contribution in [-0.4, -0.2) is 15.5 Å². The van der Waals surface area contributed by atoms with Crippen LogP contribution in [-0.2, 0) is 0 Å². The van der Waals surface area contributed by atoms with Gasteiger partial charge in [-0.1, -0.05) is 46.9 Å². The highest BCUT2D eigenvalue weighted by atomic mass is 35.5. The Hall–Kier alpha value is -1.55. The number of rotatable bonds is 2. The maximum atomic E-state index is 6.47. The van der Waals surface area contributed by atoms with Crippen LogP contribution in [0.25, 0.3) is 15.6 Å². The topological polar surface area (TPSA) is 37.8 Å². The minimum Gasteiger partial charge on any atom is -0.376 e. The number of hydrogen-bond acceptors (Lipinski definition) is 3. The molecule has 2 aromatic rings. The molecule has 0 fully saturated rings. The Labute approximate surface area is 156 Å². The zero-order valence-electron chi connectivity index (χ0n) is 13.5. The molecule has 2 heterocycles. The van der Waals surface area contributed by atoms with Crippen molar-refractivity contribution in [2.45, 2.75) is 26.3 Å². The monoisotopic (exact) mass is 379 g/mol. The van der Waals surface area contributed by atoms with E-state index in [9.17, 15) is 0 Å². The Bertz CT molecular complexity index is 852. The summed E-state index contributed by atoms with van der Waals surface area (Å²) in [5, 5.41) is 4.63. The smallest absolute Gasteiger partial charge is 0.172 e. The first kappa shape index (κ1) is 17.3. The van der Waals surface area contributed by atoms with Crippen LogP contribution in [0, 0.1) is 0 Å². The van der Waals surface area contributed by atoms with E-state index in [0.717, 1.165) is 16.8 Å². The van der Waals surface area contributed by atoms with E-state index >= 15 is 0 Å². The number of nitrogens with one attached hydrogen (secondary N) is 1. The van der Waals surface area contributed by atoms with E-state index in [1.165, 1.54) is 18.0 Å². The van der Waals surface area contributed by atoms with Crippen molar-refractivity contribution in [3.8, 4) is 0 Å². The largest absolute Gasteiger partial charge is 0.376 e. The Morgan fingerprint density at radius 2 is 1.75 bits per heavy atom. The van der Waals surface area contributed by atoms with Gasteiger partial charge in [-0.2, -0.15) is 0 Å². The molecule has 1 aromatic carbocycles. The maximum absolute atomic E-state index is 6.47. The van der Waals surface area contributed by atoms with E-state index in [1.54, 1.807) is 0 Å². The zero-order valence-corrected chi connectivity index (χ0v) is 15.8. The number of anilines is 1. The second kappa shape index (κ2) is 6.40. The molecule has 0 radical (unpaired) electrons. The summed E-state index contributed by atoms with van der Waals surface area (Å²) in [4.78, 5) is 8.21. The Balaban J connectivity index is 2.03. The highest BCUT2D eigenvalue weighted by Gasteiger charge is 2.23. The first-order chi connectivity index (χ1) is 11.3. The average molecular weight is 381 g/mol. The third-order valence-electron chi connectivity index (χ3n) is 3.74. The maximum Gasteiger partial charge on any atom is 0.172 e. The second-order valence-corrected chi connectivity index (χ2v) is 7.48. The fourth-order valence-electron chi connectivity index (χ4n) is 2.77. The molecule has 0 unspecified atom stereocenters. The molecule has 1 aromatic heterocycles. The van der Waals surface area contributed by atoms with Gasteiger partial charge in [0.2, 0.25) is 0 Å². The molecule has 1 N–H and O–H groups in total. The van der Waals surface area contributed by atoms with Gasteiger partial charge in [0.15, 0.2) is 5.82 Å². The molecule has 24 heavy (non-hydrogen) atoms. The predicted octanol–water partition coefficient (Wildman–Crippen LogP) is 6.04. The van der Waals surface area contributed by atoms with Gasteiger partial charge in [0, 0.05) is 23.6 Å². The SMILES string of the molecule is CC1=CC(C)(C)Nc2ccc(C(Cl)=C(Cl)c3ncc(Cl)cn3)cc21. The Morgan fingerprint density at radius 3 is 2.42 bits per heavy atom. The third kappa shape index (κ3) is 3.44. The van der Waals surface area contributed by atoms with Crippen molar-refractivity contribution in [1.82, 2.24) is 9.97 Å². The van der Waals surface area contributed by atoms with Crippen LogP contribution in [0.1, 0.15) is 37.7 Å². The highest BCUT2D eigenvalue weighted by molar-refractivity contribution is 6.65. The summed E-state index contributed by atoms with van der Waals surface area (Å²) < 4.78 is 0. The molecule has 0 saturated heterocycles. The fraction of sp³-hybridized carbons (Fsp3) is 0.222. The number of benzene rings is 1. The fourth-order valence-corrected chi connectivity index (χ4v) is 3.28. The van der Waals surface area contributed by atoms with Crippen LogP contribution >= 0.6 is 34.8 Å². The molecule has 1 aliphatic rings. The first-order valence-electron chi connectivity index (χ1n) is 7.42. The van der Waals surface area contributed by atoms with Crippen LogP contribution < -0.4 is 5.32 Å². The zero-order chi connectivity index (χ0) is 17.5. The summed E-state index contributed by atoms with van der Waals surface area (Å²) >= 11 is 18.6. The Morgan fingerprint density at radius 1 is 1.08 bits per heavy atom. The molecular formula is C18H16Cl3N3. The molecule has 0 aliphatic carbocycles. The molecule has 3 nitrogen and oxygen atoms in total. The third-order valence-corrected chi connectivity index (χ3v) is 4.80. The van der Waals surface area contributed by atoms with E-state index in [2.05, 4.69) is 42.1 Å². The predicted molar refractivity (Wildman–Crippen MR) is 103 cm³/mol. The standard InChI is InChI=1S/C18H16Cl3N3/c1-10-7-18(2,3)24-14-5-4-11(6-13(10)14)15(20)16(21)17-22-8-12(19)9-23-17/h4-9,24H,1-3H3. The summed E-state index contributed by atoms with van der Waals surface area (Å²) in [6, 6.07) is 5.96. The number of nitrogens with zero attached hydrogens (tertiary/aromatic N) is 2. The molecule has 0 amide bonds. The average Bonchev–Trinajstić information content (AvgIpc) is 2.53. The molecule has 3 rings (SSSR count). The molecular weight excluding hydrogens is 365 g/mol. The first-order valence-corrected chi connectivity index (χ1v) is 8.56. The summed E-state index contributed by atoms with van der Waals surface area (Å²) in [7, 11) is 0. The Kier molecular flexibility index (Phi) is 4.60. The summed E-state index contributed by atoms with van der Waals surface area (Å²) in [5.41, 5.74) is 4.11. The summed E-state index contributed by atoms with van der Waals surface area (Å²) in [6.45, 7) is 6.36. The van der Waals surface area contributed by atoms with Crippen molar-refractivity contribution in [2.24, 2.45) is 0 Å². The van der Waals surface area contributed by atoms with Gasteiger partial charge in [-0.25, -0.2) is 9.97 Å². The van der Waals surface area contributed by atoms with Crippen molar-refractivity contribution in [2.75, 3.05) is 5.32 Å². The minimum atomic E-state index is -0.0764. The summed E-state index contributed by atoms with van der Waals surface area (Å²) in [5.74, 6) is 0.343. The number of allylic oxidation sites excluding steroid dienone is 1. The molecule has 0 spiro atoms. The van der Waals surface area contributed by atoms with Gasteiger partial charge in [-0.05, 0) is 44.0 Å². The molecule has 6 heteroatoms. The van der Waals surface area contributed by atoms with Crippen molar-refractivity contribution < 1.29 is 0 Å². The lowest BCUT2D eigenvalue weighted by Crippen LogP contribution is -2.31. The van der Waals surface area contributed by atoms with Crippen LogP contribution in [0.4, 0.5) is 5.69 Å². The van der Waals surface area contributed by atoms with Crippen LogP contribution in [0.2, 0.25) is 5.02 Å². The van der Waals surface area contributed by atoms with Crippen LogP contribution in [0.3, 0.4) is 0 Å². The molecule has 124 valence electrons. The lowest BCUT2D eigenvalue weighted by molar-refractivity contribution is 0.707. The lowest BCUT2D eigenvalue weighted by Gasteiger charge is -2.31. The highest BCUT2D eigenvalue weighted by Crippen LogP contribution is 2.38. The van der Waals surface area contributed by atoms with Gasteiger partial charge in [-0.3, -0.25) is 0 Å². The number of fused-ring (bicyclic) bond motifs is 1. The van der Waals surface area contributed by atoms with Gasteiger partial charge >= 0.3 is 0 Å². The van der Waals surface area contributed by atoms with Crippen molar-refractivity contribution in [3.05, 3.63) is 58.6 Å². The lowest BCUT2D eigenvalue weighted by atomic mass is 9.90. The molecule has 0 saturated carbocycles. The van der Waals surface area contributed by atoms with E-state index < -0.39 is 0 Å². The molecule has 1 aliphatic heterocycles. The van der Waals surface area contributed by atoms with Crippen LogP contribution in [0.15, 0.2) is 36.7 Å². The van der Waals surface area contributed by atoms with Crippen molar-refractivity contribution in [3.63, 3.8) is 0 Å². The van der Waals surface area contributed by atoms with Gasteiger partial charge in [0.05, 0.1) is 15.6 Å². The summed E-state index contributed by atoms with van der Waals surface area (Å²) in [6.07, 6.45) is 5.17. The molecule has 0 bridgehead atoms. The number of halogens is 3. The van der Waals surface area contributed by atoms with Gasteiger partial charge in [0.25, 0.3) is 0 Å². The van der Waals surface area contributed by atoms with Gasteiger partial charge in [0.1, 0.15) is 5.03 Å². The van der Waals surface area contributed by atoms with E-state index in [1.807, 2.05) is 18.2 Å². The minimum absolute atomic E-state index is 0.0764. The normalized spacial score (nSPS) is 16.7. The molecule has 0 atom stereocenters. The van der Waals surface area contributed by atoms with E-state index in [-0.39, 0.29) is 5.54 Å². The van der Waals surface area contributed by atoms with Crippen molar-refractivity contribution in [1.29, 1.82) is 0 Å². The number of aromatic nitrogens is 2.